The monoisotopic (exact) mass is 444 g/mol. The first-order valence-electron chi connectivity index (χ1n) is 10.8. The van der Waals surface area contributed by atoms with Crippen LogP contribution in [0.5, 0.6) is 0 Å². The predicted octanol–water partition coefficient (Wildman–Crippen LogP) is 3.28. The maximum atomic E-state index is 13.9. The van der Waals surface area contributed by atoms with Crippen molar-refractivity contribution in [2.24, 2.45) is 0 Å². The molecule has 0 aliphatic carbocycles. The molecule has 9 nitrogen and oxygen atoms in total. The first-order chi connectivity index (χ1) is 16.2. The third-order valence-corrected chi connectivity index (χ3v) is 5.63. The lowest BCUT2D eigenvalue weighted by atomic mass is 10.3. The largest absolute Gasteiger partial charge is 0.378 e. The zero-order valence-corrected chi connectivity index (χ0v) is 17.7. The van der Waals surface area contributed by atoms with Crippen LogP contribution in [-0.4, -0.2) is 55.8 Å². The number of nitrogens with zero attached hydrogens (tertiary/aromatic N) is 6. The van der Waals surface area contributed by atoms with Gasteiger partial charge < -0.3 is 19.9 Å². The summed E-state index contributed by atoms with van der Waals surface area (Å²) >= 11 is 0. The number of hydrogen-bond acceptors (Lipinski definition) is 7. The van der Waals surface area contributed by atoms with Crippen molar-refractivity contribution >= 4 is 34.0 Å². The molecule has 1 fully saturated rings. The van der Waals surface area contributed by atoms with Crippen LogP contribution in [0.1, 0.15) is 5.82 Å². The van der Waals surface area contributed by atoms with E-state index in [0.29, 0.717) is 61.5 Å². The van der Waals surface area contributed by atoms with Crippen molar-refractivity contribution in [3.05, 3.63) is 66.5 Å². The number of imidazole rings is 2. The van der Waals surface area contributed by atoms with E-state index in [4.69, 9.17) is 14.7 Å². The van der Waals surface area contributed by atoms with Gasteiger partial charge in [0.15, 0.2) is 17.0 Å². The van der Waals surface area contributed by atoms with Crippen LogP contribution in [0.25, 0.3) is 27.9 Å². The first-order valence-corrected chi connectivity index (χ1v) is 10.8. The van der Waals surface area contributed by atoms with Gasteiger partial charge in [-0.25, -0.2) is 14.4 Å². The molecule has 0 radical (unpaired) electrons. The number of anilines is 2. The Labute approximate surface area is 188 Å². The minimum Gasteiger partial charge on any atom is -0.378 e. The fourth-order valence-electron chi connectivity index (χ4n) is 3.99. The lowest BCUT2D eigenvalue weighted by Crippen LogP contribution is -2.37. The molecule has 1 aliphatic rings. The van der Waals surface area contributed by atoms with Gasteiger partial charge in [-0.15, -0.1) is 0 Å². The van der Waals surface area contributed by atoms with E-state index in [-0.39, 0.29) is 5.82 Å². The first kappa shape index (κ1) is 19.6. The molecular formula is C23H21FN8O. The van der Waals surface area contributed by atoms with Crippen molar-refractivity contribution in [2.75, 3.05) is 36.5 Å². The fourth-order valence-corrected chi connectivity index (χ4v) is 3.99. The van der Waals surface area contributed by atoms with Crippen LogP contribution in [0.2, 0.25) is 0 Å². The molecule has 3 aromatic heterocycles. The Morgan fingerprint density at radius 3 is 2.76 bits per heavy atom. The van der Waals surface area contributed by atoms with Gasteiger partial charge in [-0.1, -0.05) is 18.2 Å². The molecule has 33 heavy (non-hydrogen) atoms. The molecule has 10 heteroatoms. The molecule has 0 saturated carbocycles. The summed E-state index contributed by atoms with van der Waals surface area (Å²) in [6.07, 6.45) is 1.64. The number of aromatic amines is 1. The second-order valence-corrected chi connectivity index (χ2v) is 7.79. The number of H-pyrrole nitrogens is 1. The van der Waals surface area contributed by atoms with Crippen molar-refractivity contribution in [3.8, 4) is 5.69 Å². The van der Waals surface area contributed by atoms with Crippen LogP contribution in [-0.2, 0) is 11.3 Å². The van der Waals surface area contributed by atoms with Crippen molar-refractivity contribution in [3.63, 3.8) is 0 Å². The Balaban J connectivity index is 1.41. The third-order valence-electron chi connectivity index (χ3n) is 5.63. The number of hydrogen-bond donors (Lipinski definition) is 2. The fraction of sp³-hybridized carbons (Fsp3) is 0.217. The van der Waals surface area contributed by atoms with Gasteiger partial charge in [0, 0.05) is 13.1 Å². The smallest absolute Gasteiger partial charge is 0.229 e. The van der Waals surface area contributed by atoms with Crippen molar-refractivity contribution in [1.82, 2.24) is 29.5 Å². The Bertz CT molecular complexity index is 1410. The number of ether oxygens (including phenoxy) is 1. The SMILES string of the molecule is Fc1cccc(-n2cnc3c(NCc4nc5ccccc5[nH]4)nc(N4CCOCC4)nc32)c1. The van der Waals surface area contributed by atoms with Crippen molar-refractivity contribution < 1.29 is 9.13 Å². The highest BCUT2D eigenvalue weighted by molar-refractivity contribution is 5.85. The Hall–Kier alpha value is -4.05. The zero-order valence-electron chi connectivity index (χ0n) is 17.7. The Kier molecular flexibility index (Phi) is 4.84. The molecule has 5 aromatic rings. The molecular weight excluding hydrogens is 423 g/mol. The van der Waals surface area contributed by atoms with E-state index in [0.717, 1.165) is 16.9 Å². The van der Waals surface area contributed by atoms with Crippen LogP contribution < -0.4 is 10.2 Å². The number of halogens is 1. The summed E-state index contributed by atoms with van der Waals surface area (Å²) in [6.45, 7) is 3.07. The highest BCUT2D eigenvalue weighted by Gasteiger charge is 2.20. The summed E-state index contributed by atoms with van der Waals surface area (Å²) in [5.74, 6) is 1.65. The molecule has 166 valence electrons. The average Bonchev–Trinajstić information content (AvgIpc) is 3.47. The lowest BCUT2D eigenvalue weighted by molar-refractivity contribution is 0.122. The summed E-state index contributed by atoms with van der Waals surface area (Å²) in [6, 6.07) is 14.3. The number of rotatable bonds is 5. The summed E-state index contributed by atoms with van der Waals surface area (Å²) in [4.78, 5) is 24.1. The van der Waals surface area contributed by atoms with Gasteiger partial charge in [-0.2, -0.15) is 9.97 Å². The van der Waals surface area contributed by atoms with Crippen LogP contribution in [0.15, 0.2) is 54.9 Å². The molecule has 2 N–H and O–H groups in total. The van der Waals surface area contributed by atoms with E-state index < -0.39 is 0 Å². The van der Waals surface area contributed by atoms with E-state index in [1.807, 2.05) is 30.3 Å². The molecule has 4 heterocycles. The van der Waals surface area contributed by atoms with E-state index in [9.17, 15) is 4.39 Å². The highest BCUT2D eigenvalue weighted by Crippen LogP contribution is 2.26. The molecule has 0 atom stereocenters. The molecule has 0 spiro atoms. The van der Waals surface area contributed by atoms with Gasteiger partial charge in [0.1, 0.15) is 18.0 Å². The van der Waals surface area contributed by atoms with Crippen LogP contribution >= 0.6 is 0 Å². The maximum absolute atomic E-state index is 13.9. The molecule has 0 unspecified atom stereocenters. The van der Waals surface area contributed by atoms with Crippen LogP contribution in [0.4, 0.5) is 16.2 Å². The zero-order chi connectivity index (χ0) is 22.2. The van der Waals surface area contributed by atoms with Crippen LogP contribution in [0, 0.1) is 5.82 Å². The van der Waals surface area contributed by atoms with Gasteiger partial charge in [-0.3, -0.25) is 4.57 Å². The Morgan fingerprint density at radius 2 is 1.91 bits per heavy atom. The number of nitrogens with one attached hydrogen (secondary N) is 2. The van der Waals surface area contributed by atoms with E-state index in [1.165, 1.54) is 12.1 Å². The van der Waals surface area contributed by atoms with Crippen molar-refractivity contribution in [2.45, 2.75) is 6.54 Å². The van der Waals surface area contributed by atoms with Crippen molar-refractivity contribution in [1.29, 1.82) is 0 Å². The van der Waals surface area contributed by atoms with Gasteiger partial charge in [0.05, 0.1) is 36.5 Å². The van der Waals surface area contributed by atoms with E-state index >= 15 is 0 Å². The third kappa shape index (κ3) is 3.74. The lowest BCUT2D eigenvalue weighted by Gasteiger charge is -2.27. The standard InChI is InChI=1S/C23H21FN8O/c24-15-4-3-5-16(12-15)32-14-26-20-21(25-13-19-27-17-6-1-2-7-18(17)28-19)29-23(30-22(20)32)31-8-10-33-11-9-31/h1-7,12,14H,8-11,13H2,(H,27,28)(H,25,29,30). The molecule has 1 aliphatic heterocycles. The minimum absolute atomic E-state index is 0.319. The van der Waals surface area contributed by atoms with E-state index in [2.05, 4.69) is 25.2 Å². The normalized spacial score (nSPS) is 14.3. The summed E-state index contributed by atoms with van der Waals surface area (Å²) in [5.41, 5.74) is 3.74. The van der Waals surface area contributed by atoms with Gasteiger partial charge in [0.2, 0.25) is 5.95 Å². The molecule has 6 rings (SSSR count). The maximum Gasteiger partial charge on any atom is 0.229 e. The number of fused-ring (bicyclic) bond motifs is 2. The van der Waals surface area contributed by atoms with Crippen LogP contribution in [0.3, 0.4) is 0 Å². The quantitative estimate of drug-likeness (QED) is 0.429. The molecule has 0 amide bonds. The summed E-state index contributed by atoms with van der Waals surface area (Å²) in [7, 11) is 0. The van der Waals surface area contributed by atoms with Gasteiger partial charge in [-0.05, 0) is 30.3 Å². The molecule has 1 saturated heterocycles. The summed E-state index contributed by atoms with van der Waals surface area (Å²) < 4.78 is 21.1. The number of benzene rings is 2. The number of para-hydroxylation sites is 2. The van der Waals surface area contributed by atoms with Gasteiger partial charge >= 0.3 is 0 Å². The second-order valence-electron chi connectivity index (χ2n) is 7.79. The highest BCUT2D eigenvalue weighted by atomic mass is 19.1. The number of aromatic nitrogens is 6. The topological polar surface area (TPSA) is 96.8 Å². The van der Waals surface area contributed by atoms with Gasteiger partial charge in [0.25, 0.3) is 0 Å². The minimum atomic E-state index is -0.319. The molecule has 2 aromatic carbocycles. The second kappa shape index (κ2) is 8.14. The summed E-state index contributed by atoms with van der Waals surface area (Å²) in [5, 5.41) is 3.37. The average molecular weight is 444 g/mol. The van der Waals surface area contributed by atoms with E-state index in [1.54, 1.807) is 17.0 Å². The predicted molar refractivity (Wildman–Crippen MR) is 123 cm³/mol. The Morgan fingerprint density at radius 1 is 1.03 bits per heavy atom. The molecule has 0 bridgehead atoms. The number of morpholine rings is 1.